The second kappa shape index (κ2) is 6.39. The first-order valence-corrected chi connectivity index (χ1v) is 6.64. The zero-order valence-electron chi connectivity index (χ0n) is 11.6. The van der Waals surface area contributed by atoms with Crippen LogP contribution in [0.4, 0.5) is 0 Å². The zero-order valence-corrected chi connectivity index (χ0v) is 11.6. The summed E-state index contributed by atoms with van der Waals surface area (Å²) in [5, 5.41) is 0. The predicted octanol–water partition coefficient (Wildman–Crippen LogP) is 3.64. The largest absolute Gasteiger partial charge is 0.497 e. The van der Waals surface area contributed by atoms with Gasteiger partial charge in [-0.1, -0.05) is 36.4 Å². The molecule has 2 rings (SSSR count). The van der Waals surface area contributed by atoms with E-state index in [1.54, 1.807) is 7.11 Å². The summed E-state index contributed by atoms with van der Waals surface area (Å²) in [6.07, 6.45) is 1.95. The number of benzene rings is 2. The standard InChI is InChI=1S/C17H21NO/c1-13-6-3-4-7-14(13)10-11-17(18)15-8-5-9-16(12-15)19-2/h3-9,12,17H,10-11,18H2,1-2H3. The molecule has 2 N–H and O–H groups in total. The van der Waals surface area contributed by atoms with Gasteiger partial charge in [0.05, 0.1) is 7.11 Å². The van der Waals surface area contributed by atoms with Crippen LogP contribution in [0.15, 0.2) is 48.5 Å². The molecule has 0 amide bonds. The number of hydrogen-bond acceptors (Lipinski definition) is 2. The summed E-state index contributed by atoms with van der Waals surface area (Å²) >= 11 is 0. The molecule has 2 aromatic carbocycles. The van der Waals surface area contributed by atoms with Crippen LogP contribution in [0.25, 0.3) is 0 Å². The van der Waals surface area contributed by atoms with Crippen LogP contribution < -0.4 is 10.5 Å². The van der Waals surface area contributed by atoms with E-state index in [1.807, 2.05) is 18.2 Å². The minimum Gasteiger partial charge on any atom is -0.497 e. The quantitative estimate of drug-likeness (QED) is 0.885. The lowest BCUT2D eigenvalue weighted by Gasteiger charge is -2.14. The van der Waals surface area contributed by atoms with Gasteiger partial charge in [-0.05, 0) is 48.6 Å². The minimum absolute atomic E-state index is 0.0507. The van der Waals surface area contributed by atoms with Crippen molar-refractivity contribution in [3.63, 3.8) is 0 Å². The third kappa shape index (κ3) is 3.58. The van der Waals surface area contributed by atoms with Crippen molar-refractivity contribution in [2.75, 3.05) is 7.11 Å². The van der Waals surface area contributed by atoms with Crippen molar-refractivity contribution < 1.29 is 4.74 Å². The molecule has 0 saturated carbocycles. The number of nitrogens with two attached hydrogens (primary N) is 1. The SMILES string of the molecule is COc1cccc(C(N)CCc2ccccc2C)c1. The van der Waals surface area contributed by atoms with Crippen molar-refractivity contribution in [3.8, 4) is 5.75 Å². The molecule has 0 aliphatic carbocycles. The normalized spacial score (nSPS) is 12.2. The average molecular weight is 255 g/mol. The molecule has 0 heterocycles. The third-order valence-corrected chi connectivity index (χ3v) is 3.51. The molecular formula is C17H21NO. The maximum atomic E-state index is 6.26. The van der Waals surface area contributed by atoms with Gasteiger partial charge in [-0.15, -0.1) is 0 Å². The number of hydrogen-bond donors (Lipinski definition) is 1. The van der Waals surface area contributed by atoms with Gasteiger partial charge >= 0.3 is 0 Å². The first kappa shape index (κ1) is 13.6. The van der Waals surface area contributed by atoms with Crippen LogP contribution in [0.2, 0.25) is 0 Å². The van der Waals surface area contributed by atoms with E-state index in [1.165, 1.54) is 11.1 Å². The van der Waals surface area contributed by atoms with Gasteiger partial charge in [0.25, 0.3) is 0 Å². The van der Waals surface area contributed by atoms with E-state index in [2.05, 4.69) is 37.3 Å². The lowest BCUT2D eigenvalue weighted by Crippen LogP contribution is -2.11. The second-order valence-electron chi connectivity index (χ2n) is 4.85. The smallest absolute Gasteiger partial charge is 0.119 e. The van der Waals surface area contributed by atoms with Crippen molar-refractivity contribution >= 4 is 0 Å². The molecule has 2 aromatic rings. The molecule has 100 valence electrons. The summed E-state index contributed by atoms with van der Waals surface area (Å²) in [6, 6.07) is 16.5. The number of ether oxygens (including phenoxy) is 1. The predicted molar refractivity (Wildman–Crippen MR) is 79.4 cm³/mol. The van der Waals surface area contributed by atoms with E-state index in [-0.39, 0.29) is 6.04 Å². The Morgan fingerprint density at radius 3 is 2.63 bits per heavy atom. The summed E-state index contributed by atoms with van der Waals surface area (Å²) < 4.78 is 5.23. The van der Waals surface area contributed by atoms with E-state index in [0.717, 1.165) is 24.2 Å². The van der Waals surface area contributed by atoms with Crippen molar-refractivity contribution in [2.45, 2.75) is 25.8 Å². The van der Waals surface area contributed by atoms with E-state index < -0.39 is 0 Å². The van der Waals surface area contributed by atoms with Crippen LogP contribution in [-0.4, -0.2) is 7.11 Å². The first-order valence-electron chi connectivity index (χ1n) is 6.64. The van der Waals surface area contributed by atoms with Gasteiger partial charge in [0.2, 0.25) is 0 Å². The Labute approximate surface area is 115 Å². The lowest BCUT2D eigenvalue weighted by molar-refractivity contribution is 0.413. The Balaban J connectivity index is 2.01. The Kier molecular flexibility index (Phi) is 4.58. The fraction of sp³-hybridized carbons (Fsp3) is 0.294. The molecule has 2 heteroatoms. The van der Waals surface area contributed by atoms with E-state index in [4.69, 9.17) is 10.5 Å². The molecule has 0 bridgehead atoms. The van der Waals surface area contributed by atoms with Crippen LogP contribution in [-0.2, 0) is 6.42 Å². The summed E-state index contributed by atoms with van der Waals surface area (Å²) in [4.78, 5) is 0. The Morgan fingerprint density at radius 2 is 1.89 bits per heavy atom. The fourth-order valence-electron chi connectivity index (χ4n) is 2.24. The molecule has 1 unspecified atom stereocenters. The maximum Gasteiger partial charge on any atom is 0.119 e. The van der Waals surface area contributed by atoms with E-state index in [0.29, 0.717) is 0 Å². The molecule has 0 aromatic heterocycles. The van der Waals surface area contributed by atoms with Gasteiger partial charge < -0.3 is 10.5 Å². The van der Waals surface area contributed by atoms with Crippen LogP contribution in [0, 0.1) is 6.92 Å². The van der Waals surface area contributed by atoms with Gasteiger partial charge in [0.15, 0.2) is 0 Å². The molecule has 19 heavy (non-hydrogen) atoms. The number of methoxy groups -OCH3 is 1. The molecule has 0 aliphatic heterocycles. The number of rotatable bonds is 5. The highest BCUT2D eigenvalue weighted by Crippen LogP contribution is 2.21. The highest BCUT2D eigenvalue weighted by Gasteiger charge is 2.08. The monoisotopic (exact) mass is 255 g/mol. The van der Waals surface area contributed by atoms with Crippen molar-refractivity contribution in [1.29, 1.82) is 0 Å². The van der Waals surface area contributed by atoms with Crippen molar-refractivity contribution in [3.05, 3.63) is 65.2 Å². The lowest BCUT2D eigenvalue weighted by atomic mass is 9.97. The average Bonchev–Trinajstić information content (AvgIpc) is 2.46. The summed E-state index contributed by atoms with van der Waals surface area (Å²) in [6.45, 7) is 2.15. The van der Waals surface area contributed by atoms with Crippen molar-refractivity contribution in [2.24, 2.45) is 5.73 Å². The molecule has 0 aliphatic rings. The van der Waals surface area contributed by atoms with E-state index in [9.17, 15) is 0 Å². The summed E-state index contributed by atoms with van der Waals surface area (Å²) in [5.74, 6) is 0.865. The number of aryl methyl sites for hydroxylation is 2. The van der Waals surface area contributed by atoms with Crippen molar-refractivity contribution in [1.82, 2.24) is 0 Å². The van der Waals surface area contributed by atoms with Gasteiger partial charge in [0.1, 0.15) is 5.75 Å². The maximum absolute atomic E-state index is 6.26. The van der Waals surface area contributed by atoms with Crippen LogP contribution in [0.5, 0.6) is 5.75 Å². The van der Waals surface area contributed by atoms with Gasteiger partial charge in [-0.3, -0.25) is 0 Å². The molecule has 0 fully saturated rings. The molecule has 1 atom stereocenters. The van der Waals surface area contributed by atoms with Gasteiger partial charge in [0, 0.05) is 6.04 Å². The Bertz CT molecular complexity index is 536. The second-order valence-corrected chi connectivity index (χ2v) is 4.85. The third-order valence-electron chi connectivity index (χ3n) is 3.51. The Morgan fingerprint density at radius 1 is 1.11 bits per heavy atom. The molecule has 0 saturated heterocycles. The summed E-state index contributed by atoms with van der Waals surface area (Å²) in [5.41, 5.74) is 10.1. The highest BCUT2D eigenvalue weighted by molar-refractivity contribution is 5.31. The summed E-state index contributed by atoms with van der Waals surface area (Å²) in [7, 11) is 1.68. The molecular weight excluding hydrogens is 234 g/mol. The zero-order chi connectivity index (χ0) is 13.7. The van der Waals surface area contributed by atoms with Gasteiger partial charge in [-0.2, -0.15) is 0 Å². The Hall–Kier alpha value is -1.80. The molecule has 0 spiro atoms. The molecule has 0 radical (unpaired) electrons. The topological polar surface area (TPSA) is 35.2 Å². The van der Waals surface area contributed by atoms with Gasteiger partial charge in [-0.25, -0.2) is 0 Å². The minimum atomic E-state index is 0.0507. The first-order chi connectivity index (χ1) is 9.20. The van der Waals surface area contributed by atoms with Crippen LogP contribution >= 0.6 is 0 Å². The molecule has 2 nitrogen and oxygen atoms in total. The highest BCUT2D eigenvalue weighted by atomic mass is 16.5. The fourth-order valence-corrected chi connectivity index (χ4v) is 2.24. The van der Waals surface area contributed by atoms with Crippen LogP contribution in [0.1, 0.15) is 29.2 Å². The van der Waals surface area contributed by atoms with Crippen LogP contribution in [0.3, 0.4) is 0 Å². The van der Waals surface area contributed by atoms with E-state index >= 15 is 0 Å².